The molecular weight excluding hydrogens is 462 g/mol. The maximum absolute atomic E-state index is 12.8. The second-order valence-electron chi connectivity index (χ2n) is 6.78. The second kappa shape index (κ2) is 10.5. The van der Waals surface area contributed by atoms with Crippen LogP contribution in [0.5, 0.6) is 11.5 Å². The molecular formula is C23H21N3O5S2. The first-order chi connectivity index (χ1) is 16.1. The minimum Gasteiger partial charge on any atom is -0.493 e. The van der Waals surface area contributed by atoms with Crippen LogP contribution in [0.4, 0.5) is 0 Å². The molecule has 10 heteroatoms. The minimum atomic E-state index is -0.423. The highest BCUT2D eigenvalue weighted by atomic mass is 32.2. The van der Waals surface area contributed by atoms with Crippen LogP contribution in [0.2, 0.25) is 0 Å². The lowest BCUT2D eigenvalue weighted by atomic mass is 10.2. The van der Waals surface area contributed by atoms with E-state index in [-0.39, 0.29) is 6.61 Å². The summed E-state index contributed by atoms with van der Waals surface area (Å²) in [5, 5.41) is 6.40. The number of rotatable bonds is 9. The molecule has 4 rings (SSSR count). The molecule has 33 heavy (non-hydrogen) atoms. The average Bonchev–Trinajstić information content (AvgIpc) is 3.49. The van der Waals surface area contributed by atoms with Crippen LogP contribution < -0.4 is 9.47 Å². The van der Waals surface area contributed by atoms with Crippen LogP contribution >= 0.6 is 23.1 Å². The quantitative estimate of drug-likeness (QED) is 0.236. The van der Waals surface area contributed by atoms with E-state index in [1.165, 1.54) is 23.1 Å². The van der Waals surface area contributed by atoms with E-state index >= 15 is 0 Å². The van der Waals surface area contributed by atoms with Crippen molar-refractivity contribution in [3.8, 4) is 22.1 Å². The summed E-state index contributed by atoms with van der Waals surface area (Å²) in [6, 6.07) is 12.9. The van der Waals surface area contributed by atoms with E-state index < -0.39 is 5.97 Å². The fraction of sp³-hybridized carbons (Fsp3) is 0.217. The molecule has 0 radical (unpaired) electrons. The maximum atomic E-state index is 12.8. The Morgan fingerprint density at radius 2 is 1.94 bits per heavy atom. The predicted molar refractivity (Wildman–Crippen MR) is 125 cm³/mol. The summed E-state index contributed by atoms with van der Waals surface area (Å²) in [7, 11) is 3.18. The predicted octanol–water partition coefficient (Wildman–Crippen LogP) is 5.17. The van der Waals surface area contributed by atoms with Crippen LogP contribution in [0, 0.1) is 6.92 Å². The number of nitrogens with zero attached hydrogens (tertiary/aromatic N) is 3. The number of para-hydroxylation sites is 1. The van der Waals surface area contributed by atoms with E-state index in [2.05, 4.69) is 15.1 Å². The largest absolute Gasteiger partial charge is 0.493 e. The average molecular weight is 484 g/mol. The van der Waals surface area contributed by atoms with Gasteiger partial charge in [-0.2, -0.15) is 4.98 Å². The van der Waals surface area contributed by atoms with Crippen molar-refractivity contribution < 1.29 is 23.5 Å². The summed E-state index contributed by atoms with van der Waals surface area (Å²) in [6.45, 7) is 1.82. The number of methoxy groups -OCH3 is 2. The normalized spacial score (nSPS) is 10.8. The summed E-state index contributed by atoms with van der Waals surface area (Å²) in [5.74, 6) is 2.36. The van der Waals surface area contributed by atoms with Gasteiger partial charge in [-0.25, -0.2) is 9.78 Å². The summed E-state index contributed by atoms with van der Waals surface area (Å²) in [5.41, 5.74) is 1.95. The van der Waals surface area contributed by atoms with E-state index in [0.717, 1.165) is 15.5 Å². The lowest BCUT2D eigenvalue weighted by molar-refractivity contribution is 0.0464. The molecule has 0 aliphatic carbocycles. The standard InChI is InChI=1S/C23H21N3O5S2/c1-14-24-20(31-26-14)13-32-19-10-5-4-7-16(19)23(27)30-11-15-12-33-22(25-15)17-8-6-9-18(28-2)21(17)29-3/h4-10,12H,11,13H2,1-3H3. The van der Waals surface area contributed by atoms with Gasteiger partial charge in [0.2, 0.25) is 5.89 Å². The Hall–Kier alpha value is -3.37. The molecule has 2 aromatic carbocycles. The highest BCUT2D eigenvalue weighted by Gasteiger charge is 2.17. The van der Waals surface area contributed by atoms with E-state index in [0.29, 0.717) is 40.2 Å². The van der Waals surface area contributed by atoms with Gasteiger partial charge in [-0.05, 0) is 31.2 Å². The summed E-state index contributed by atoms with van der Waals surface area (Å²) < 4.78 is 21.5. The van der Waals surface area contributed by atoms with Gasteiger partial charge in [0.15, 0.2) is 17.3 Å². The zero-order valence-corrected chi connectivity index (χ0v) is 19.9. The number of aryl methyl sites for hydroxylation is 1. The molecule has 0 fully saturated rings. The van der Waals surface area contributed by atoms with Gasteiger partial charge in [-0.3, -0.25) is 0 Å². The van der Waals surface area contributed by atoms with E-state index in [1.54, 1.807) is 33.3 Å². The third-order valence-electron chi connectivity index (χ3n) is 4.56. The molecule has 0 bridgehead atoms. The molecule has 0 unspecified atom stereocenters. The van der Waals surface area contributed by atoms with Gasteiger partial charge in [-0.1, -0.05) is 23.4 Å². The number of ether oxygens (including phenoxy) is 3. The van der Waals surface area contributed by atoms with Crippen LogP contribution in [-0.2, 0) is 17.1 Å². The fourth-order valence-corrected chi connectivity index (χ4v) is 4.77. The van der Waals surface area contributed by atoms with Gasteiger partial charge in [0.25, 0.3) is 0 Å². The van der Waals surface area contributed by atoms with Crippen molar-refractivity contribution >= 4 is 29.1 Å². The molecule has 0 saturated carbocycles. The first-order valence-corrected chi connectivity index (χ1v) is 11.8. The van der Waals surface area contributed by atoms with Crippen LogP contribution in [0.1, 0.15) is 27.8 Å². The molecule has 0 spiro atoms. The SMILES string of the molecule is COc1cccc(-c2nc(COC(=O)c3ccccc3SCc3nc(C)no3)cs2)c1OC. The van der Waals surface area contributed by atoms with Crippen molar-refractivity contribution in [2.75, 3.05) is 14.2 Å². The Morgan fingerprint density at radius 1 is 1.09 bits per heavy atom. The third-order valence-corrected chi connectivity index (χ3v) is 6.55. The van der Waals surface area contributed by atoms with Crippen molar-refractivity contribution in [1.29, 1.82) is 0 Å². The van der Waals surface area contributed by atoms with Crippen LogP contribution in [0.3, 0.4) is 0 Å². The number of carbonyl (C=O) groups is 1. The molecule has 0 atom stereocenters. The van der Waals surface area contributed by atoms with Crippen LogP contribution in [0.15, 0.2) is 57.3 Å². The van der Waals surface area contributed by atoms with Crippen molar-refractivity contribution in [2.24, 2.45) is 0 Å². The van der Waals surface area contributed by atoms with Crippen molar-refractivity contribution in [1.82, 2.24) is 15.1 Å². The summed E-state index contributed by atoms with van der Waals surface area (Å²) in [4.78, 5) is 22.3. The number of aromatic nitrogens is 3. The molecule has 4 aromatic rings. The number of hydrogen-bond acceptors (Lipinski definition) is 10. The number of thiazole rings is 1. The third kappa shape index (κ3) is 5.35. The van der Waals surface area contributed by atoms with Crippen LogP contribution in [-0.4, -0.2) is 35.3 Å². The lowest BCUT2D eigenvalue weighted by Crippen LogP contribution is -2.07. The first kappa shape index (κ1) is 22.8. The van der Waals surface area contributed by atoms with E-state index in [4.69, 9.17) is 18.7 Å². The fourth-order valence-electron chi connectivity index (χ4n) is 3.07. The van der Waals surface area contributed by atoms with Crippen molar-refractivity contribution in [2.45, 2.75) is 24.2 Å². The Labute approximate surface area is 198 Å². The number of hydrogen-bond donors (Lipinski definition) is 0. The molecule has 8 nitrogen and oxygen atoms in total. The van der Waals surface area contributed by atoms with Crippen molar-refractivity contribution in [3.63, 3.8) is 0 Å². The van der Waals surface area contributed by atoms with Gasteiger partial charge in [0.05, 0.1) is 36.8 Å². The number of benzene rings is 2. The number of carbonyl (C=O) groups excluding carboxylic acids is 1. The van der Waals surface area contributed by atoms with Crippen molar-refractivity contribution in [3.05, 3.63) is 70.8 Å². The smallest absolute Gasteiger partial charge is 0.339 e. The minimum absolute atomic E-state index is 0.0590. The highest BCUT2D eigenvalue weighted by Crippen LogP contribution is 2.39. The zero-order valence-electron chi connectivity index (χ0n) is 18.2. The Balaban J connectivity index is 1.43. The first-order valence-electron chi connectivity index (χ1n) is 9.93. The van der Waals surface area contributed by atoms with E-state index in [9.17, 15) is 4.79 Å². The van der Waals surface area contributed by atoms with Gasteiger partial charge < -0.3 is 18.7 Å². The molecule has 0 amide bonds. The molecule has 2 aromatic heterocycles. The molecule has 0 saturated heterocycles. The highest BCUT2D eigenvalue weighted by molar-refractivity contribution is 7.98. The van der Waals surface area contributed by atoms with Crippen LogP contribution in [0.25, 0.3) is 10.6 Å². The topological polar surface area (TPSA) is 96.6 Å². The second-order valence-corrected chi connectivity index (χ2v) is 8.66. The molecule has 0 aliphatic rings. The van der Waals surface area contributed by atoms with Gasteiger partial charge in [0.1, 0.15) is 11.6 Å². The number of thioether (sulfide) groups is 1. The zero-order chi connectivity index (χ0) is 23.2. The molecule has 0 N–H and O–H groups in total. The Morgan fingerprint density at radius 3 is 2.70 bits per heavy atom. The maximum Gasteiger partial charge on any atom is 0.339 e. The lowest BCUT2D eigenvalue weighted by Gasteiger charge is -2.10. The van der Waals surface area contributed by atoms with Gasteiger partial charge >= 0.3 is 5.97 Å². The summed E-state index contributed by atoms with van der Waals surface area (Å²) in [6.07, 6.45) is 0. The Bertz CT molecular complexity index is 1250. The summed E-state index contributed by atoms with van der Waals surface area (Å²) >= 11 is 2.88. The molecule has 2 heterocycles. The van der Waals surface area contributed by atoms with Gasteiger partial charge in [-0.15, -0.1) is 23.1 Å². The number of esters is 1. The molecule has 0 aliphatic heterocycles. The molecule has 170 valence electrons. The Kier molecular flexibility index (Phi) is 7.26. The van der Waals surface area contributed by atoms with E-state index in [1.807, 2.05) is 35.7 Å². The van der Waals surface area contributed by atoms with Gasteiger partial charge in [0, 0.05) is 10.3 Å². The monoisotopic (exact) mass is 483 g/mol.